The topological polar surface area (TPSA) is 17.1 Å². The Labute approximate surface area is 336 Å². The summed E-state index contributed by atoms with van der Waals surface area (Å²) in [5.41, 5.74) is -13.5. The average Bonchev–Trinajstić information content (AvgIpc) is 3.27. The molecule has 0 fully saturated rings. The van der Waals surface area contributed by atoms with Gasteiger partial charge in [0.2, 0.25) is 5.78 Å². The van der Waals surface area contributed by atoms with Crippen molar-refractivity contribution in [3.63, 3.8) is 0 Å². The van der Waals surface area contributed by atoms with Crippen molar-refractivity contribution in [3.05, 3.63) is 183 Å². The SMILES string of the molecule is C[S+](CC(=O)c1ccccc1)c1ccccc1.Fc1c(F)c(F)c([B-](c2c(F)c(F)c(F)c(F)c2F)(c2c(F)c(F)c(F)c(F)c2F)c2c(F)c(F)c(F)c(F)c2F)c(F)c1F. The molecule has 0 aliphatic heterocycles. The summed E-state index contributed by atoms with van der Waals surface area (Å²) in [6, 6.07) is 19.7. The van der Waals surface area contributed by atoms with Crippen LogP contribution in [0.5, 0.6) is 0 Å². The number of carbonyl (C=O) groups excluding carboxylic acids is 1. The molecule has 6 aromatic rings. The van der Waals surface area contributed by atoms with Gasteiger partial charge in [0.05, 0.1) is 0 Å². The van der Waals surface area contributed by atoms with E-state index in [0.717, 1.165) is 5.56 Å². The second-order valence-corrected chi connectivity index (χ2v) is 14.7. The summed E-state index contributed by atoms with van der Waals surface area (Å²) in [6.07, 6.45) is -5.10. The van der Waals surface area contributed by atoms with Crippen LogP contribution in [0.4, 0.5) is 87.8 Å². The fourth-order valence-corrected chi connectivity index (χ4v) is 7.86. The maximum Gasteiger partial charge on any atom is 0.212 e. The van der Waals surface area contributed by atoms with E-state index in [1.165, 1.54) is 4.90 Å². The van der Waals surface area contributed by atoms with Gasteiger partial charge < -0.3 is 0 Å². The summed E-state index contributed by atoms with van der Waals surface area (Å²) >= 11 is 0. The van der Waals surface area contributed by atoms with E-state index < -0.39 is 144 Å². The Morgan fingerprint density at radius 3 is 0.806 bits per heavy atom. The molecule has 0 saturated heterocycles. The molecule has 0 saturated carbocycles. The summed E-state index contributed by atoms with van der Waals surface area (Å²) in [7, 11) is -0.0135. The van der Waals surface area contributed by atoms with E-state index >= 15 is 35.1 Å². The lowest BCUT2D eigenvalue weighted by Gasteiger charge is -2.44. The first-order chi connectivity index (χ1) is 29.0. The molecule has 62 heavy (non-hydrogen) atoms. The van der Waals surface area contributed by atoms with Crippen LogP contribution in [-0.4, -0.2) is 23.9 Å². The number of ketones is 1. The molecule has 326 valence electrons. The Hall–Kier alpha value is -6.00. The summed E-state index contributed by atoms with van der Waals surface area (Å²) in [4.78, 5) is 13.3. The van der Waals surface area contributed by atoms with Crippen LogP contribution in [0.25, 0.3) is 0 Å². The van der Waals surface area contributed by atoms with Crippen LogP contribution in [-0.2, 0) is 10.9 Å². The number of halogens is 20. The molecule has 0 heterocycles. The lowest BCUT2D eigenvalue weighted by molar-refractivity contribution is 0.102. The van der Waals surface area contributed by atoms with Crippen LogP contribution < -0.4 is 21.9 Å². The molecule has 0 radical (unpaired) electrons. The third-order valence-corrected chi connectivity index (χ3v) is 11.1. The molecule has 0 bridgehead atoms. The number of Topliss-reactive ketones (excluding diaryl/α,β-unsaturated/α-hetero) is 1. The minimum atomic E-state index is -7.22. The zero-order valence-electron chi connectivity index (χ0n) is 29.9. The van der Waals surface area contributed by atoms with Gasteiger partial charge in [0.25, 0.3) is 0 Å². The first-order valence-electron chi connectivity index (χ1n) is 16.5. The Bertz CT molecular complexity index is 2370. The lowest BCUT2D eigenvalue weighted by Crippen LogP contribution is -2.81. The van der Waals surface area contributed by atoms with Gasteiger partial charge in [-0.15, -0.1) is 21.9 Å². The molecule has 0 spiro atoms. The smallest absolute Gasteiger partial charge is 0.212 e. The van der Waals surface area contributed by atoms with Gasteiger partial charge in [-0.05, 0) is 12.1 Å². The molecule has 1 unspecified atom stereocenters. The second kappa shape index (κ2) is 17.8. The van der Waals surface area contributed by atoms with Crippen LogP contribution in [0.15, 0.2) is 65.6 Å². The summed E-state index contributed by atoms with van der Waals surface area (Å²) in [6.45, 7) is 0. The monoisotopic (exact) mass is 922 g/mol. The molecule has 0 N–H and O–H groups in total. The lowest BCUT2D eigenvalue weighted by atomic mass is 9.12. The van der Waals surface area contributed by atoms with Crippen LogP contribution in [0.1, 0.15) is 10.4 Å². The quantitative estimate of drug-likeness (QED) is 0.0373. The van der Waals surface area contributed by atoms with E-state index in [4.69, 9.17) is 0 Å². The fraction of sp³-hybridized carbons (Fsp3) is 0.0513. The average molecular weight is 922 g/mol. The van der Waals surface area contributed by atoms with E-state index in [1.54, 1.807) is 0 Å². The van der Waals surface area contributed by atoms with Crippen LogP contribution >= 0.6 is 0 Å². The van der Waals surface area contributed by atoms with Gasteiger partial charge in [-0.2, -0.15) is 0 Å². The molecule has 6 aromatic carbocycles. The molecule has 1 nitrogen and oxygen atoms in total. The van der Waals surface area contributed by atoms with E-state index in [2.05, 4.69) is 18.4 Å². The van der Waals surface area contributed by atoms with Crippen molar-refractivity contribution >= 4 is 44.7 Å². The molecule has 0 aromatic heterocycles. The summed E-state index contributed by atoms with van der Waals surface area (Å²) in [5, 5.41) is 0. The normalized spacial score (nSPS) is 12.0. The maximum atomic E-state index is 15.4. The van der Waals surface area contributed by atoms with E-state index in [1.807, 2.05) is 48.5 Å². The third kappa shape index (κ3) is 7.52. The summed E-state index contributed by atoms with van der Waals surface area (Å²) < 4.78 is 294. The number of carbonyl (C=O) groups is 1. The molecular weight excluding hydrogens is 907 g/mol. The summed E-state index contributed by atoms with van der Waals surface area (Å²) in [5.74, 6) is -70.6. The van der Waals surface area contributed by atoms with Crippen LogP contribution in [0.3, 0.4) is 0 Å². The first kappa shape index (κ1) is 47.1. The van der Waals surface area contributed by atoms with Gasteiger partial charge in [-0.3, -0.25) is 4.79 Å². The molecule has 1 atom stereocenters. The highest BCUT2D eigenvalue weighted by atomic mass is 32.2. The minimum absolute atomic E-state index is 0.0135. The van der Waals surface area contributed by atoms with Crippen molar-refractivity contribution in [3.8, 4) is 0 Å². The van der Waals surface area contributed by atoms with Gasteiger partial charge in [0.15, 0.2) is 80.5 Å². The van der Waals surface area contributed by atoms with Crippen LogP contribution in [0, 0.1) is 116 Å². The Balaban J connectivity index is 0.000000355. The van der Waals surface area contributed by atoms with Crippen molar-refractivity contribution < 1.29 is 92.6 Å². The number of hydrogen-bond donors (Lipinski definition) is 0. The molecule has 23 heteroatoms. The van der Waals surface area contributed by atoms with Crippen LogP contribution in [0.2, 0.25) is 0 Å². The maximum absolute atomic E-state index is 15.4. The van der Waals surface area contributed by atoms with E-state index in [0.29, 0.717) is 5.75 Å². The van der Waals surface area contributed by atoms with E-state index in [-0.39, 0.29) is 16.7 Å². The highest BCUT2D eigenvalue weighted by Crippen LogP contribution is 2.31. The highest BCUT2D eigenvalue weighted by molar-refractivity contribution is 7.96. The number of rotatable bonds is 8. The molecule has 0 aliphatic rings. The van der Waals surface area contributed by atoms with Crippen molar-refractivity contribution in [1.82, 2.24) is 0 Å². The molecule has 0 amide bonds. The van der Waals surface area contributed by atoms with Gasteiger partial charge in [0.1, 0.15) is 58.9 Å². The van der Waals surface area contributed by atoms with Gasteiger partial charge >= 0.3 is 0 Å². The van der Waals surface area contributed by atoms with Crippen molar-refractivity contribution in [2.75, 3.05) is 12.0 Å². The van der Waals surface area contributed by atoms with Gasteiger partial charge in [-0.25, -0.2) is 87.8 Å². The zero-order chi connectivity index (χ0) is 46.4. The molecule has 0 aliphatic carbocycles. The zero-order valence-corrected chi connectivity index (χ0v) is 30.8. The van der Waals surface area contributed by atoms with Gasteiger partial charge in [-0.1, -0.05) is 48.5 Å². The Morgan fingerprint density at radius 1 is 0.355 bits per heavy atom. The standard InChI is InChI=1S/C24BF20.C15H15OS/c26-5-1(6(27)14(35)21(42)13(5)34)25(2-7(28)15(36)22(43)16(37)8(2)29,3-9(30)17(38)23(44)18(39)10(3)31)4-11(32)19(40)24(45)20(41)12(4)33;1-17(14-10-6-3-7-11-14)12-15(16)13-8-4-2-5-9-13/h;2-11H,12H2,1H3/q-1;+1. The largest absolute Gasteiger partial charge is 0.289 e. The number of benzene rings is 6. The van der Waals surface area contributed by atoms with Crippen molar-refractivity contribution in [2.45, 2.75) is 4.90 Å². The second-order valence-electron chi connectivity index (χ2n) is 12.7. The minimum Gasteiger partial charge on any atom is -0.289 e. The molecular formula is C39H15BF20OS. The third-order valence-electron chi connectivity index (χ3n) is 9.30. The predicted molar refractivity (Wildman–Crippen MR) is 183 cm³/mol. The molecule has 6 rings (SSSR count). The Morgan fingerprint density at radius 2 is 0.565 bits per heavy atom. The first-order valence-corrected chi connectivity index (χ1v) is 18.3. The van der Waals surface area contributed by atoms with Gasteiger partial charge in [0, 0.05) is 16.5 Å². The number of hydrogen-bond acceptors (Lipinski definition) is 1. The Kier molecular flexibility index (Phi) is 13.5. The predicted octanol–water partition coefficient (Wildman–Crippen LogP) is 9.02. The highest BCUT2D eigenvalue weighted by Gasteiger charge is 2.52. The van der Waals surface area contributed by atoms with Crippen molar-refractivity contribution in [1.29, 1.82) is 0 Å². The van der Waals surface area contributed by atoms with Crippen molar-refractivity contribution in [2.24, 2.45) is 0 Å². The fourth-order valence-electron chi connectivity index (χ4n) is 6.51. The van der Waals surface area contributed by atoms with E-state index in [9.17, 15) is 57.5 Å².